The van der Waals surface area contributed by atoms with Gasteiger partial charge in [0, 0.05) is 17.1 Å². The second kappa shape index (κ2) is 7.30. The van der Waals surface area contributed by atoms with Crippen LogP contribution in [0.4, 0.5) is 0 Å². The minimum atomic E-state index is 0.752. The highest BCUT2D eigenvalue weighted by molar-refractivity contribution is 9.10. The molecule has 0 aromatic heterocycles. The third-order valence-electron chi connectivity index (χ3n) is 4.12. The van der Waals surface area contributed by atoms with Crippen LogP contribution in [0.15, 0.2) is 28.7 Å². The first-order valence-electron chi connectivity index (χ1n) is 7.24. The Labute approximate surface area is 125 Å². The van der Waals surface area contributed by atoms with Crippen molar-refractivity contribution in [1.29, 1.82) is 0 Å². The zero-order chi connectivity index (χ0) is 13.7. The Morgan fingerprint density at radius 2 is 2.00 bits per heavy atom. The van der Waals surface area contributed by atoms with Gasteiger partial charge >= 0.3 is 0 Å². The summed E-state index contributed by atoms with van der Waals surface area (Å²) in [5.41, 5.74) is 0. The van der Waals surface area contributed by atoms with Gasteiger partial charge in [-0.3, -0.25) is 0 Å². The first kappa shape index (κ1) is 14.9. The third-order valence-corrected chi connectivity index (χ3v) is 4.61. The van der Waals surface area contributed by atoms with Crippen molar-refractivity contribution in [2.45, 2.75) is 38.6 Å². The average molecular weight is 326 g/mol. The SMILES string of the molecule is CC1CCC(N(C)CCOc2cccc(Br)c2)CC1. The molecule has 106 valence electrons. The summed E-state index contributed by atoms with van der Waals surface area (Å²) >= 11 is 3.46. The average Bonchev–Trinajstić information content (AvgIpc) is 2.39. The van der Waals surface area contributed by atoms with Gasteiger partial charge in [0.1, 0.15) is 12.4 Å². The largest absolute Gasteiger partial charge is 0.492 e. The molecule has 1 fully saturated rings. The number of hydrogen-bond donors (Lipinski definition) is 0. The van der Waals surface area contributed by atoms with Gasteiger partial charge in [-0.25, -0.2) is 0 Å². The third kappa shape index (κ3) is 4.81. The van der Waals surface area contributed by atoms with Crippen LogP contribution in [0.5, 0.6) is 5.75 Å². The molecule has 0 aliphatic heterocycles. The van der Waals surface area contributed by atoms with Crippen LogP contribution in [0.25, 0.3) is 0 Å². The zero-order valence-electron chi connectivity index (χ0n) is 11.9. The molecule has 0 heterocycles. The molecular weight excluding hydrogens is 302 g/mol. The van der Waals surface area contributed by atoms with Crippen molar-refractivity contribution in [2.75, 3.05) is 20.2 Å². The molecule has 2 rings (SSSR count). The van der Waals surface area contributed by atoms with Gasteiger partial charge in [0.25, 0.3) is 0 Å². The van der Waals surface area contributed by atoms with Crippen molar-refractivity contribution >= 4 is 15.9 Å². The predicted octanol–water partition coefficient (Wildman–Crippen LogP) is 4.34. The molecule has 0 bridgehead atoms. The van der Waals surface area contributed by atoms with Crippen LogP contribution < -0.4 is 4.74 Å². The molecule has 1 aromatic carbocycles. The van der Waals surface area contributed by atoms with Crippen molar-refractivity contribution in [3.8, 4) is 5.75 Å². The Morgan fingerprint density at radius 1 is 1.26 bits per heavy atom. The van der Waals surface area contributed by atoms with E-state index >= 15 is 0 Å². The number of benzene rings is 1. The summed E-state index contributed by atoms with van der Waals surface area (Å²) in [6.45, 7) is 4.14. The van der Waals surface area contributed by atoms with Crippen LogP contribution in [0, 0.1) is 5.92 Å². The molecule has 0 amide bonds. The van der Waals surface area contributed by atoms with E-state index in [-0.39, 0.29) is 0 Å². The van der Waals surface area contributed by atoms with Crippen LogP contribution in [-0.4, -0.2) is 31.1 Å². The lowest BCUT2D eigenvalue weighted by molar-refractivity contribution is 0.145. The van der Waals surface area contributed by atoms with E-state index in [1.165, 1.54) is 25.7 Å². The Kier molecular flexibility index (Phi) is 5.71. The summed E-state index contributed by atoms with van der Waals surface area (Å²) in [7, 11) is 2.23. The van der Waals surface area contributed by atoms with Crippen molar-refractivity contribution in [1.82, 2.24) is 4.90 Å². The summed E-state index contributed by atoms with van der Waals surface area (Å²) in [6, 6.07) is 8.80. The highest BCUT2D eigenvalue weighted by Crippen LogP contribution is 2.26. The van der Waals surface area contributed by atoms with Gasteiger partial charge in [-0.2, -0.15) is 0 Å². The maximum absolute atomic E-state index is 5.80. The Hall–Kier alpha value is -0.540. The van der Waals surface area contributed by atoms with E-state index in [1.54, 1.807) is 0 Å². The van der Waals surface area contributed by atoms with Crippen LogP contribution in [0.2, 0.25) is 0 Å². The minimum absolute atomic E-state index is 0.752. The van der Waals surface area contributed by atoms with Gasteiger partial charge in [0.2, 0.25) is 0 Å². The number of ether oxygens (including phenoxy) is 1. The topological polar surface area (TPSA) is 12.5 Å². The maximum Gasteiger partial charge on any atom is 0.120 e. The van der Waals surface area contributed by atoms with E-state index in [9.17, 15) is 0 Å². The van der Waals surface area contributed by atoms with Crippen molar-refractivity contribution in [3.63, 3.8) is 0 Å². The van der Waals surface area contributed by atoms with Gasteiger partial charge in [-0.05, 0) is 56.8 Å². The smallest absolute Gasteiger partial charge is 0.120 e. The van der Waals surface area contributed by atoms with Crippen LogP contribution >= 0.6 is 15.9 Å². The minimum Gasteiger partial charge on any atom is -0.492 e. The van der Waals surface area contributed by atoms with E-state index in [0.717, 1.165) is 35.3 Å². The predicted molar refractivity (Wildman–Crippen MR) is 83.7 cm³/mol. The molecule has 0 saturated heterocycles. The van der Waals surface area contributed by atoms with E-state index in [0.29, 0.717) is 0 Å². The maximum atomic E-state index is 5.80. The lowest BCUT2D eigenvalue weighted by Gasteiger charge is -2.33. The van der Waals surface area contributed by atoms with E-state index < -0.39 is 0 Å². The Morgan fingerprint density at radius 3 is 2.68 bits per heavy atom. The van der Waals surface area contributed by atoms with E-state index in [2.05, 4.69) is 34.8 Å². The molecule has 1 aliphatic carbocycles. The summed E-state index contributed by atoms with van der Waals surface area (Å²) < 4.78 is 6.87. The van der Waals surface area contributed by atoms with Crippen LogP contribution in [0.3, 0.4) is 0 Å². The molecule has 1 saturated carbocycles. The van der Waals surface area contributed by atoms with Crippen LogP contribution in [0.1, 0.15) is 32.6 Å². The summed E-state index contributed by atoms with van der Waals surface area (Å²) in [5.74, 6) is 1.86. The number of likely N-dealkylation sites (N-methyl/N-ethyl adjacent to an activating group) is 1. The molecule has 19 heavy (non-hydrogen) atoms. The lowest BCUT2D eigenvalue weighted by Crippen LogP contribution is -2.37. The van der Waals surface area contributed by atoms with Crippen molar-refractivity contribution in [2.24, 2.45) is 5.92 Å². The fraction of sp³-hybridized carbons (Fsp3) is 0.625. The molecule has 2 nitrogen and oxygen atoms in total. The molecular formula is C16H24BrNO. The van der Waals surface area contributed by atoms with Gasteiger partial charge < -0.3 is 9.64 Å². The number of nitrogens with zero attached hydrogens (tertiary/aromatic N) is 1. The second-order valence-electron chi connectivity index (χ2n) is 5.70. The molecule has 0 N–H and O–H groups in total. The Balaban J connectivity index is 1.70. The molecule has 0 atom stereocenters. The normalized spacial score (nSPS) is 23.6. The zero-order valence-corrected chi connectivity index (χ0v) is 13.5. The first-order valence-corrected chi connectivity index (χ1v) is 8.03. The Bertz CT molecular complexity index is 388. The summed E-state index contributed by atoms with van der Waals surface area (Å²) in [6.07, 6.45) is 5.44. The number of hydrogen-bond acceptors (Lipinski definition) is 2. The number of halogens is 1. The fourth-order valence-corrected chi connectivity index (χ4v) is 3.11. The molecule has 0 spiro atoms. The van der Waals surface area contributed by atoms with Gasteiger partial charge in [-0.1, -0.05) is 28.9 Å². The highest BCUT2D eigenvalue weighted by atomic mass is 79.9. The van der Waals surface area contributed by atoms with Crippen molar-refractivity contribution < 1.29 is 4.74 Å². The second-order valence-corrected chi connectivity index (χ2v) is 6.62. The monoisotopic (exact) mass is 325 g/mol. The van der Waals surface area contributed by atoms with Crippen molar-refractivity contribution in [3.05, 3.63) is 28.7 Å². The molecule has 0 unspecified atom stereocenters. The van der Waals surface area contributed by atoms with E-state index in [1.807, 2.05) is 24.3 Å². The first-order chi connectivity index (χ1) is 9.15. The summed E-state index contributed by atoms with van der Waals surface area (Å²) in [4.78, 5) is 2.46. The molecule has 3 heteroatoms. The molecule has 1 aliphatic rings. The fourth-order valence-electron chi connectivity index (χ4n) is 2.73. The standard InChI is InChI=1S/C16H24BrNO/c1-13-6-8-15(9-7-13)18(2)10-11-19-16-5-3-4-14(17)12-16/h3-5,12-13,15H,6-11H2,1-2H3. The van der Waals surface area contributed by atoms with E-state index in [4.69, 9.17) is 4.74 Å². The number of rotatable bonds is 5. The lowest BCUT2D eigenvalue weighted by atomic mass is 9.87. The van der Waals surface area contributed by atoms with Gasteiger partial charge in [0.15, 0.2) is 0 Å². The summed E-state index contributed by atoms with van der Waals surface area (Å²) in [5, 5.41) is 0. The molecule has 1 aromatic rings. The van der Waals surface area contributed by atoms with Crippen LogP contribution in [-0.2, 0) is 0 Å². The van der Waals surface area contributed by atoms with Gasteiger partial charge in [0.05, 0.1) is 0 Å². The molecule has 0 radical (unpaired) electrons. The quantitative estimate of drug-likeness (QED) is 0.798. The van der Waals surface area contributed by atoms with Gasteiger partial charge in [-0.15, -0.1) is 0 Å². The highest BCUT2D eigenvalue weighted by Gasteiger charge is 2.21.